The van der Waals surface area contributed by atoms with Crippen LogP contribution in [0.25, 0.3) is 5.82 Å². The third kappa shape index (κ3) is 3.26. The topological polar surface area (TPSA) is 77.6 Å². The van der Waals surface area contributed by atoms with Crippen molar-refractivity contribution >= 4 is 0 Å². The molecule has 2 aromatic rings. The van der Waals surface area contributed by atoms with Gasteiger partial charge in [0.15, 0.2) is 5.82 Å². The molecular formula is C17H24N6O. The fraction of sp³-hybridized carbons (Fsp3) is 0.647. The average Bonchev–Trinajstić information content (AvgIpc) is 3.31. The van der Waals surface area contributed by atoms with E-state index in [1.165, 1.54) is 19.2 Å². The lowest BCUT2D eigenvalue weighted by molar-refractivity contribution is 0.253. The van der Waals surface area contributed by atoms with Gasteiger partial charge in [-0.2, -0.15) is 5.10 Å². The molecule has 1 unspecified atom stereocenters. The van der Waals surface area contributed by atoms with Gasteiger partial charge in [-0.1, -0.05) is 0 Å². The lowest BCUT2D eigenvalue weighted by atomic mass is 9.90. The Balaban J connectivity index is 1.43. The maximum atomic E-state index is 12.2. The minimum Gasteiger partial charge on any atom is -0.311 e. The Labute approximate surface area is 141 Å². The first kappa shape index (κ1) is 15.5. The maximum absolute atomic E-state index is 12.2. The summed E-state index contributed by atoms with van der Waals surface area (Å²) < 4.78 is 3.22. The van der Waals surface area contributed by atoms with Crippen molar-refractivity contribution in [3.8, 4) is 5.82 Å². The van der Waals surface area contributed by atoms with Crippen LogP contribution in [-0.4, -0.2) is 36.6 Å². The monoisotopic (exact) mass is 328 g/mol. The van der Waals surface area contributed by atoms with Crippen LogP contribution in [0.1, 0.15) is 51.5 Å². The van der Waals surface area contributed by atoms with Gasteiger partial charge < -0.3 is 5.32 Å². The zero-order valence-corrected chi connectivity index (χ0v) is 14.0. The molecule has 2 saturated carbocycles. The molecule has 1 atom stereocenters. The summed E-state index contributed by atoms with van der Waals surface area (Å²) >= 11 is 0. The summed E-state index contributed by atoms with van der Waals surface area (Å²) in [6.07, 6.45) is 9.99. The van der Waals surface area contributed by atoms with Gasteiger partial charge in [-0.15, -0.1) is 5.10 Å². The Morgan fingerprint density at radius 2 is 1.96 bits per heavy atom. The van der Waals surface area contributed by atoms with Crippen LogP contribution in [0, 0.1) is 5.92 Å². The number of rotatable bonds is 5. The van der Waals surface area contributed by atoms with Gasteiger partial charge in [0.2, 0.25) is 0 Å². The highest BCUT2D eigenvalue weighted by Crippen LogP contribution is 2.34. The molecule has 1 N–H and O–H groups in total. The quantitative estimate of drug-likeness (QED) is 0.904. The molecule has 7 nitrogen and oxygen atoms in total. The SMILES string of the molecule is CC(NC1CCC(n2nc(-n3cncn3)ccc2=O)CC1)C1CC1. The summed E-state index contributed by atoms with van der Waals surface area (Å²) in [4.78, 5) is 16.2. The summed E-state index contributed by atoms with van der Waals surface area (Å²) in [6.45, 7) is 2.30. The molecule has 0 spiro atoms. The zero-order chi connectivity index (χ0) is 16.5. The number of nitrogens with one attached hydrogen (secondary N) is 1. The molecule has 0 amide bonds. The largest absolute Gasteiger partial charge is 0.311 e. The molecule has 24 heavy (non-hydrogen) atoms. The Kier molecular flexibility index (Phi) is 4.18. The van der Waals surface area contributed by atoms with Gasteiger partial charge in [0.1, 0.15) is 12.7 Å². The second-order valence-electron chi connectivity index (χ2n) is 7.11. The van der Waals surface area contributed by atoms with E-state index in [1.54, 1.807) is 27.8 Å². The Bertz CT molecular complexity index is 728. The molecule has 0 aromatic carbocycles. The second kappa shape index (κ2) is 6.47. The molecule has 128 valence electrons. The van der Waals surface area contributed by atoms with Crippen LogP contribution in [0.4, 0.5) is 0 Å². The van der Waals surface area contributed by atoms with Crippen LogP contribution in [-0.2, 0) is 0 Å². The van der Waals surface area contributed by atoms with E-state index in [9.17, 15) is 4.79 Å². The molecule has 0 radical (unpaired) electrons. The summed E-state index contributed by atoms with van der Waals surface area (Å²) in [5.41, 5.74) is -0.0402. The van der Waals surface area contributed by atoms with Gasteiger partial charge in [0, 0.05) is 18.2 Å². The van der Waals surface area contributed by atoms with E-state index in [1.807, 2.05) is 0 Å². The predicted octanol–water partition coefficient (Wildman–Crippen LogP) is 1.70. The van der Waals surface area contributed by atoms with Gasteiger partial charge in [-0.25, -0.2) is 14.3 Å². The van der Waals surface area contributed by atoms with E-state index in [2.05, 4.69) is 27.4 Å². The van der Waals surface area contributed by atoms with Crippen LogP contribution < -0.4 is 10.9 Å². The van der Waals surface area contributed by atoms with Crippen molar-refractivity contribution < 1.29 is 0 Å². The highest BCUT2D eigenvalue weighted by atomic mass is 16.1. The highest BCUT2D eigenvalue weighted by molar-refractivity contribution is 5.16. The summed E-state index contributed by atoms with van der Waals surface area (Å²) in [5.74, 6) is 1.51. The molecule has 2 aromatic heterocycles. The fourth-order valence-corrected chi connectivity index (χ4v) is 3.72. The Hall–Kier alpha value is -2.02. The van der Waals surface area contributed by atoms with Crippen LogP contribution in [0.3, 0.4) is 0 Å². The zero-order valence-electron chi connectivity index (χ0n) is 14.0. The van der Waals surface area contributed by atoms with Crippen molar-refractivity contribution in [1.29, 1.82) is 0 Å². The summed E-state index contributed by atoms with van der Waals surface area (Å²) in [5, 5.41) is 12.4. The van der Waals surface area contributed by atoms with E-state index in [4.69, 9.17) is 0 Å². The molecule has 2 aliphatic rings. The van der Waals surface area contributed by atoms with Crippen molar-refractivity contribution in [2.75, 3.05) is 0 Å². The Morgan fingerprint density at radius 1 is 1.17 bits per heavy atom. The van der Waals surface area contributed by atoms with E-state index < -0.39 is 0 Å². The van der Waals surface area contributed by atoms with Crippen LogP contribution in [0.15, 0.2) is 29.6 Å². The third-order valence-corrected chi connectivity index (χ3v) is 5.33. The first-order chi connectivity index (χ1) is 11.7. The number of nitrogens with zero attached hydrogens (tertiary/aromatic N) is 5. The average molecular weight is 328 g/mol. The van der Waals surface area contributed by atoms with Crippen molar-refractivity contribution in [3.63, 3.8) is 0 Å². The van der Waals surface area contributed by atoms with Crippen LogP contribution >= 0.6 is 0 Å². The molecule has 4 rings (SSSR count). The molecule has 2 aliphatic carbocycles. The fourth-order valence-electron chi connectivity index (χ4n) is 3.72. The van der Waals surface area contributed by atoms with Crippen molar-refractivity contribution in [2.24, 2.45) is 5.92 Å². The van der Waals surface area contributed by atoms with Crippen molar-refractivity contribution in [1.82, 2.24) is 29.9 Å². The minimum atomic E-state index is -0.0402. The van der Waals surface area contributed by atoms with E-state index in [0.29, 0.717) is 17.9 Å². The van der Waals surface area contributed by atoms with Crippen molar-refractivity contribution in [2.45, 2.75) is 63.6 Å². The standard InChI is InChI=1S/C17H24N6O/c1-12(13-2-3-13)20-14-4-6-15(7-5-14)23-17(24)9-8-16(21-23)22-11-18-10-19-22/h8-15,20H,2-7H2,1H3. The first-order valence-electron chi connectivity index (χ1n) is 8.91. The minimum absolute atomic E-state index is 0.0402. The van der Waals surface area contributed by atoms with Crippen LogP contribution in [0.5, 0.6) is 0 Å². The van der Waals surface area contributed by atoms with Crippen LogP contribution in [0.2, 0.25) is 0 Å². The first-order valence-corrected chi connectivity index (χ1v) is 8.91. The number of hydrogen-bond acceptors (Lipinski definition) is 5. The number of aromatic nitrogens is 5. The molecular weight excluding hydrogens is 304 g/mol. The molecule has 0 saturated heterocycles. The van der Waals surface area contributed by atoms with Gasteiger partial charge in [0.25, 0.3) is 5.56 Å². The van der Waals surface area contributed by atoms with Gasteiger partial charge >= 0.3 is 0 Å². The summed E-state index contributed by atoms with van der Waals surface area (Å²) in [7, 11) is 0. The van der Waals surface area contributed by atoms with E-state index in [-0.39, 0.29) is 11.6 Å². The maximum Gasteiger partial charge on any atom is 0.267 e. The normalized spacial score (nSPS) is 25.5. The molecule has 0 aliphatic heterocycles. The molecule has 7 heteroatoms. The highest BCUT2D eigenvalue weighted by Gasteiger charge is 2.31. The molecule has 2 heterocycles. The van der Waals surface area contributed by atoms with Crippen molar-refractivity contribution in [3.05, 3.63) is 35.1 Å². The lowest BCUT2D eigenvalue weighted by Gasteiger charge is -2.31. The molecule has 2 fully saturated rings. The Morgan fingerprint density at radius 3 is 2.62 bits per heavy atom. The van der Waals surface area contributed by atoms with Gasteiger partial charge in [-0.05, 0) is 57.4 Å². The summed E-state index contributed by atoms with van der Waals surface area (Å²) in [6, 6.07) is 4.64. The molecule has 0 bridgehead atoms. The van der Waals surface area contributed by atoms with Gasteiger partial charge in [0.05, 0.1) is 6.04 Å². The third-order valence-electron chi connectivity index (χ3n) is 5.33. The lowest BCUT2D eigenvalue weighted by Crippen LogP contribution is -2.41. The second-order valence-corrected chi connectivity index (χ2v) is 7.11. The number of hydrogen-bond donors (Lipinski definition) is 1. The van der Waals surface area contributed by atoms with Gasteiger partial charge in [-0.3, -0.25) is 4.79 Å². The van der Waals surface area contributed by atoms with E-state index >= 15 is 0 Å². The predicted molar refractivity (Wildman–Crippen MR) is 90.0 cm³/mol. The smallest absolute Gasteiger partial charge is 0.267 e. The van der Waals surface area contributed by atoms with E-state index in [0.717, 1.165) is 31.6 Å².